The molecule has 0 unspecified atom stereocenters. The number of Topliss-reactive ketones (excluding diaryl/α,β-unsaturated/α-hetero) is 1. The van der Waals surface area contributed by atoms with Crippen LogP contribution in [-0.4, -0.2) is 24.0 Å². The average molecular weight is 420 g/mol. The van der Waals surface area contributed by atoms with Crippen molar-refractivity contribution in [3.8, 4) is 23.3 Å². The van der Waals surface area contributed by atoms with Gasteiger partial charge in [-0.1, -0.05) is 35.7 Å². The van der Waals surface area contributed by atoms with E-state index in [-0.39, 0.29) is 5.78 Å². The molecular formula is C25H22ClNO3. The summed E-state index contributed by atoms with van der Waals surface area (Å²) in [5.41, 5.74) is 2.39. The van der Waals surface area contributed by atoms with Crippen LogP contribution in [0.3, 0.4) is 0 Å². The summed E-state index contributed by atoms with van der Waals surface area (Å²) in [7, 11) is 0. The van der Waals surface area contributed by atoms with Crippen molar-refractivity contribution in [3.05, 3.63) is 88.7 Å². The highest BCUT2D eigenvalue weighted by atomic mass is 35.5. The zero-order valence-corrected chi connectivity index (χ0v) is 17.5. The number of carbonyl (C=O) groups excluding carboxylic acids is 1. The van der Waals surface area contributed by atoms with Crippen molar-refractivity contribution in [1.82, 2.24) is 4.98 Å². The molecule has 0 radical (unpaired) electrons. The van der Waals surface area contributed by atoms with Gasteiger partial charge in [-0.05, 0) is 60.9 Å². The number of hydrogen-bond acceptors (Lipinski definition) is 4. The number of rotatable bonds is 8. The van der Waals surface area contributed by atoms with Crippen LogP contribution in [0.4, 0.5) is 0 Å². The molecule has 0 saturated heterocycles. The quantitative estimate of drug-likeness (QED) is 0.376. The van der Waals surface area contributed by atoms with Crippen molar-refractivity contribution in [2.75, 3.05) is 13.2 Å². The smallest absolute Gasteiger partial charge is 0.135 e. The van der Waals surface area contributed by atoms with Gasteiger partial charge in [0.05, 0.1) is 18.8 Å². The van der Waals surface area contributed by atoms with Crippen molar-refractivity contribution in [1.29, 1.82) is 0 Å². The molecule has 3 rings (SSSR count). The van der Waals surface area contributed by atoms with Gasteiger partial charge in [-0.3, -0.25) is 4.79 Å². The third kappa shape index (κ3) is 6.95. The Bertz CT molecular complexity index is 1040. The molecule has 2 aromatic carbocycles. The van der Waals surface area contributed by atoms with Crippen molar-refractivity contribution < 1.29 is 14.3 Å². The number of carbonyl (C=O) groups is 1. The highest BCUT2D eigenvalue weighted by molar-refractivity contribution is 6.30. The predicted molar refractivity (Wildman–Crippen MR) is 118 cm³/mol. The fourth-order valence-electron chi connectivity index (χ4n) is 2.72. The monoisotopic (exact) mass is 419 g/mol. The van der Waals surface area contributed by atoms with Gasteiger partial charge in [0.2, 0.25) is 0 Å². The second kappa shape index (κ2) is 11.0. The largest absolute Gasteiger partial charge is 0.493 e. The van der Waals surface area contributed by atoms with Gasteiger partial charge in [0.15, 0.2) is 0 Å². The van der Waals surface area contributed by atoms with Crippen LogP contribution in [0.5, 0.6) is 11.5 Å². The Kier molecular flexibility index (Phi) is 7.88. The lowest BCUT2D eigenvalue weighted by molar-refractivity contribution is -0.116. The van der Waals surface area contributed by atoms with E-state index >= 15 is 0 Å². The third-order valence-corrected chi connectivity index (χ3v) is 4.36. The fraction of sp³-hybridized carbons (Fsp3) is 0.200. The molecule has 1 aromatic heterocycles. The molecule has 5 heteroatoms. The zero-order valence-electron chi connectivity index (χ0n) is 16.7. The van der Waals surface area contributed by atoms with Gasteiger partial charge in [0, 0.05) is 24.1 Å². The van der Waals surface area contributed by atoms with Crippen LogP contribution in [0, 0.1) is 11.8 Å². The number of aromatic nitrogens is 1. The molecule has 0 saturated carbocycles. The van der Waals surface area contributed by atoms with E-state index in [0.29, 0.717) is 42.5 Å². The van der Waals surface area contributed by atoms with Gasteiger partial charge < -0.3 is 9.47 Å². The Hall–Kier alpha value is -3.29. The van der Waals surface area contributed by atoms with E-state index in [2.05, 4.69) is 16.8 Å². The number of ketones is 1. The van der Waals surface area contributed by atoms with Gasteiger partial charge in [0.1, 0.15) is 23.0 Å². The molecule has 4 nitrogen and oxygen atoms in total. The van der Waals surface area contributed by atoms with Gasteiger partial charge >= 0.3 is 0 Å². The molecule has 0 bridgehead atoms. The third-order valence-electron chi connectivity index (χ3n) is 4.12. The van der Waals surface area contributed by atoms with Crippen molar-refractivity contribution >= 4 is 17.4 Å². The first-order valence-corrected chi connectivity index (χ1v) is 10.0. The normalized spacial score (nSPS) is 10.1. The summed E-state index contributed by atoms with van der Waals surface area (Å²) < 4.78 is 11.6. The van der Waals surface area contributed by atoms with Crippen LogP contribution in [0.15, 0.2) is 66.9 Å². The van der Waals surface area contributed by atoms with Crippen LogP contribution in [0.2, 0.25) is 5.02 Å². The second-order valence-electron chi connectivity index (χ2n) is 6.68. The van der Waals surface area contributed by atoms with E-state index < -0.39 is 0 Å². The summed E-state index contributed by atoms with van der Waals surface area (Å²) in [5, 5.41) is 0.601. The number of hydrogen-bond donors (Lipinski definition) is 0. The highest BCUT2D eigenvalue weighted by Gasteiger charge is 2.04. The molecule has 30 heavy (non-hydrogen) atoms. The number of halogens is 1. The summed E-state index contributed by atoms with van der Waals surface area (Å²) in [5.74, 6) is 7.70. The van der Waals surface area contributed by atoms with Crippen LogP contribution >= 0.6 is 11.6 Å². The Morgan fingerprint density at radius 3 is 2.53 bits per heavy atom. The average Bonchev–Trinajstić information content (AvgIpc) is 2.74. The van der Waals surface area contributed by atoms with Crippen LogP contribution < -0.4 is 9.47 Å². The van der Waals surface area contributed by atoms with E-state index in [1.807, 2.05) is 48.5 Å². The standard InChI is InChI=1S/C25H22ClNO3/c1-19(28)17-20-6-11-24(12-7-20)29-15-4-16-30-25-13-9-22(26)18-21(25)8-10-23-5-2-3-14-27-23/h2-3,5-7,9,11-14,18H,4,15-17H2,1H3. The lowest BCUT2D eigenvalue weighted by Crippen LogP contribution is -2.06. The Morgan fingerprint density at radius 1 is 1.00 bits per heavy atom. The van der Waals surface area contributed by atoms with E-state index in [4.69, 9.17) is 21.1 Å². The summed E-state index contributed by atoms with van der Waals surface area (Å²) in [4.78, 5) is 15.4. The van der Waals surface area contributed by atoms with Gasteiger partial charge in [-0.2, -0.15) is 0 Å². The molecule has 0 N–H and O–H groups in total. The SMILES string of the molecule is CC(=O)Cc1ccc(OCCCOc2ccc(Cl)cc2C#Cc2ccccn2)cc1. The lowest BCUT2D eigenvalue weighted by atomic mass is 10.1. The van der Waals surface area contributed by atoms with Crippen molar-refractivity contribution in [2.45, 2.75) is 19.8 Å². The minimum absolute atomic E-state index is 0.145. The van der Waals surface area contributed by atoms with Gasteiger partial charge in [0.25, 0.3) is 0 Å². The van der Waals surface area contributed by atoms with E-state index in [1.54, 1.807) is 25.3 Å². The summed E-state index contributed by atoms with van der Waals surface area (Å²) in [6.07, 6.45) is 2.86. The summed E-state index contributed by atoms with van der Waals surface area (Å²) in [6, 6.07) is 18.6. The molecule has 152 valence electrons. The van der Waals surface area contributed by atoms with E-state index in [9.17, 15) is 4.79 Å². The van der Waals surface area contributed by atoms with E-state index in [1.165, 1.54) is 0 Å². The predicted octanol–water partition coefficient (Wildman–Crippen LogP) is 5.11. The number of pyridine rings is 1. The van der Waals surface area contributed by atoms with Crippen LogP contribution in [0.25, 0.3) is 0 Å². The first-order valence-electron chi connectivity index (χ1n) is 9.67. The number of nitrogens with zero attached hydrogens (tertiary/aromatic N) is 1. The van der Waals surface area contributed by atoms with Gasteiger partial charge in [-0.25, -0.2) is 4.98 Å². The molecule has 0 aliphatic heterocycles. The second-order valence-corrected chi connectivity index (χ2v) is 7.12. The molecule has 0 aliphatic carbocycles. The summed E-state index contributed by atoms with van der Waals surface area (Å²) in [6.45, 7) is 2.59. The zero-order chi connectivity index (χ0) is 21.2. The molecule has 0 aliphatic rings. The first-order chi connectivity index (χ1) is 14.6. The molecular weight excluding hydrogens is 398 g/mol. The highest BCUT2D eigenvalue weighted by Crippen LogP contribution is 2.22. The minimum Gasteiger partial charge on any atom is -0.493 e. The number of ether oxygens (including phenoxy) is 2. The topological polar surface area (TPSA) is 48.4 Å². The maximum Gasteiger partial charge on any atom is 0.135 e. The minimum atomic E-state index is 0.145. The van der Waals surface area contributed by atoms with E-state index in [0.717, 1.165) is 16.9 Å². The number of benzene rings is 2. The lowest BCUT2D eigenvalue weighted by Gasteiger charge is -2.10. The molecule has 0 atom stereocenters. The molecule has 0 amide bonds. The Balaban J connectivity index is 1.50. The van der Waals surface area contributed by atoms with Crippen molar-refractivity contribution in [3.63, 3.8) is 0 Å². The maximum absolute atomic E-state index is 11.2. The Morgan fingerprint density at radius 2 is 1.80 bits per heavy atom. The van der Waals surface area contributed by atoms with Crippen LogP contribution in [0.1, 0.15) is 30.2 Å². The van der Waals surface area contributed by atoms with Gasteiger partial charge in [-0.15, -0.1) is 0 Å². The summed E-state index contributed by atoms with van der Waals surface area (Å²) >= 11 is 6.11. The molecule has 3 aromatic rings. The first kappa shape index (κ1) is 21.4. The molecule has 1 heterocycles. The fourth-order valence-corrected chi connectivity index (χ4v) is 2.89. The Labute approximate surface area is 181 Å². The molecule has 0 spiro atoms. The molecule has 0 fully saturated rings. The van der Waals surface area contributed by atoms with Crippen molar-refractivity contribution in [2.24, 2.45) is 0 Å². The maximum atomic E-state index is 11.2. The van der Waals surface area contributed by atoms with Crippen LogP contribution in [-0.2, 0) is 11.2 Å².